The van der Waals surface area contributed by atoms with Gasteiger partial charge in [0.05, 0.1) is 17.1 Å². The third-order valence-electron chi connectivity index (χ3n) is 5.04. The average molecular weight is 398 g/mol. The Morgan fingerprint density at radius 2 is 1.61 bits per heavy atom. The number of nitrogens with two attached hydrogens (primary N) is 1. The molecular formula is C19H35BN2O6. The maximum Gasteiger partial charge on any atom is 0.457 e. The summed E-state index contributed by atoms with van der Waals surface area (Å²) in [5.74, 6) is -2.67. The van der Waals surface area contributed by atoms with E-state index in [1.54, 1.807) is 20.8 Å². The summed E-state index contributed by atoms with van der Waals surface area (Å²) in [4.78, 5) is 36.1. The smallest absolute Gasteiger partial charge is 0.457 e. The Hall–Kier alpha value is -1.61. The highest BCUT2D eigenvalue weighted by atomic mass is 16.7. The van der Waals surface area contributed by atoms with Crippen LogP contribution in [0.25, 0.3) is 0 Å². The first-order chi connectivity index (χ1) is 12.6. The van der Waals surface area contributed by atoms with Crippen LogP contribution in [0.15, 0.2) is 0 Å². The van der Waals surface area contributed by atoms with Crippen LogP contribution in [-0.2, 0) is 28.4 Å². The predicted octanol–water partition coefficient (Wildman–Crippen LogP) is 1.81. The highest BCUT2D eigenvalue weighted by molar-refractivity contribution is 6.45. The summed E-state index contributed by atoms with van der Waals surface area (Å²) >= 11 is 0. The van der Waals surface area contributed by atoms with E-state index in [2.05, 4.69) is 5.32 Å². The topological polar surface area (TPSA) is 117 Å². The largest absolute Gasteiger partial charge is 0.458 e. The number of nitrogens with one attached hydrogen (secondary N) is 1. The highest BCUT2D eigenvalue weighted by Gasteiger charge is 2.50. The molecule has 1 aliphatic rings. The van der Waals surface area contributed by atoms with Gasteiger partial charge in [0.25, 0.3) is 0 Å². The molecule has 9 heteroatoms. The Morgan fingerprint density at radius 1 is 1.11 bits per heavy atom. The van der Waals surface area contributed by atoms with Crippen LogP contribution in [0.4, 0.5) is 0 Å². The quantitative estimate of drug-likeness (QED) is 0.476. The van der Waals surface area contributed by atoms with Crippen LogP contribution < -0.4 is 11.1 Å². The van der Waals surface area contributed by atoms with Crippen molar-refractivity contribution in [3.8, 4) is 0 Å². The van der Waals surface area contributed by atoms with Gasteiger partial charge in [-0.1, -0.05) is 6.42 Å². The van der Waals surface area contributed by atoms with E-state index in [1.165, 1.54) is 6.92 Å². The van der Waals surface area contributed by atoms with Crippen LogP contribution in [-0.4, -0.2) is 47.7 Å². The van der Waals surface area contributed by atoms with Crippen molar-refractivity contribution >= 4 is 24.9 Å². The standard InChI is InChI=1S/C19H35BN2O6/c1-12(23)22-14(16(25)26-17(2,3)4)13(15(21)24)10-9-11-20-27-18(5,6)19(7,8)28-20/h13-14H,9-11H2,1-8H3,(H2,21,24)(H,22,23)/t13-,14-/m0/s1. The third kappa shape index (κ3) is 6.77. The molecule has 0 unspecified atom stereocenters. The molecule has 0 aromatic rings. The van der Waals surface area contributed by atoms with Gasteiger partial charge in [-0.05, 0) is 61.2 Å². The lowest BCUT2D eigenvalue weighted by atomic mass is 9.80. The van der Waals surface area contributed by atoms with Gasteiger partial charge in [0.15, 0.2) is 0 Å². The van der Waals surface area contributed by atoms with Crippen LogP contribution in [0.1, 0.15) is 68.2 Å². The summed E-state index contributed by atoms with van der Waals surface area (Å²) in [5, 5.41) is 2.51. The zero-order valence-corrected chi connectivity index (χ0v) is 18.4. The van der Waals surface area contributed by atoms with Crippen LogP contribution in [0, 0.1) is 5.92 Å². The monoisotopic (exact) mass is 398 g/mol. The number of carbonyl (C=O) groups is 3. The summed E-state index contributed by atoms with van der Waals surface area (Å²) in [6.45, 7) is 14.3. The minimum absolute atomic E-state index is 0.295. The maximum atomic E-state index is 12.5. The van der Waals surface area contributed by atoms with Crippen molar-refractivity contribution in [1.82, 2.24) is 5.32 Å². The summed E-state index contributed by atoms with van der Waals surface area (Å²) in [6.07, 6.45) is 1.37. The number of hydrogen-bond donors (Lipinski definition) is 2. The van der Waals surface area contributed by atoms with E-state index in [0.29, 0.717) is 19.2 Å². The Labute approximate surface area is 168 Å². The first kappa shape index (κ1) is 24.4. The number of esters is 1. The van der Waals surface area contributed by atoms with Crippen molar-refractivity contribution in [2.45, 2.75) is 97.4 Å². The normalized spacial score (nSPS) is 20.4. The molecule has 160 valence electrons. The second-order valence-corrected chi connectivity index (χ2v) is 9.34. The zero-order valence-electron chi connectivity index (χ0n) is 18.4. The van der Waals surface area contributed by atoms with Crippen LogP contribution in [0.2, 0.25) is 6.32 Å². The molecule has 8 nitrogen and oxygen atoms in total. The fourth-order valence-electron chi connectivity index (χ4n) is 2.97. The molecule has 1 saturated heterocycles. The van der Waals surface area contributed by atoms with E-state index in [4.69, 9.17) is 19.8 Å². The molecule has 1 fully saturated rings. The Kier molecular flexibility index (Phi) is 7.70. The zero-order chi connectivity index (χ0) is 21.9. The number of rotatable bonds is 8. The van der Waals surface area contributed by atoms with Gasteiger partial charge in [0.1, 0.15) is 11.6 Å². The van der Waals surface area contributed by atoms with E-state index in [1.807, 2.05) is 27.7 Å². The lowest BCUT2D eigenvalue weighted by Crippen LogP contribution is -2.51. The molecule has 1 aliphatic heterocycles. The van der Waals surface area contributed by atoms with Crippen molar-refractivity contribution in [2.75, 3.05) is 0 Å². The molecule has 1 heterocycles. The molecular weight excluding hydrogens is 363 g/mol. The summed E-state index contributed by atoms with van der Waals surface area (Å²) in [7, 11) is -0.403. The second-order valence-electron chi connectivity index (χ2n) is 9.34. The van der Waals surface area contributed by atoms with Crippen LogP contribution in [0.5, 0.6) is 0 Å². The second kappa shape index (κ2) is 8.82. The fourth-order valence-corrected chi connectivity index (χ4v) is 2.97. The van der Waals surface area contributed by atoms with Gasteiger partial charge in [-0.25, -0.2) is 4.79 Å². The molecule has 3 N–H and O–H groups in total. The summed E-state index contributed by atoms with van der Waals surface area (Å²) in [5.41, 5.74) is 3.91. The van der Waals surface area contributed by atoms with Crippen molar-refractivity contribution in [3.05, 3.63) is 0 Å². The number of primary amides is 1. The molecule has 0 aliphatic carbocycles. The van der Waals surface area contributed by atoms with E-state index in [9.17, 15) is 14.4 Å². The van der Waals surface area contributed by atoms with Crippen molar-refractivity contribution < 1.29 is 28.4 Å². The molecule has 0 spiro atoms. The number of amides is 2. The molecule has 0 aromatic carbocycles. The maximum absolute atomic E-state index is 12.5. The minimum Gasteiger partial charge on any atom is -0.458 e. The molecule has 28 heavy (non-hydrogen) atoms. The van der Waals surface area contributed by atoms with Gasteiger partial charge < -0.3 is 25.1 Å². The van der Waals surface area contributed by atoms with Crippen molar-refractivity contribution in [1.29, 1.82) is 0 Å². The number of hydrogen-bond acceptors (Lipinski definition) is 6. The number of carbonyl (C=O) groups excluding carboxylic acids is 3. The van der Waals surface area contributed by atoms with Crippen LogP contribution in [0.3, 0.4) is 0 Å². The third-order valence-corrected chi connectivity index (χ3v) is 5.04. The van der Waals surface area contributed by atoms with Gasteiger partial charge in [0.2, 0.25) is 11.8 Å². The first-order valence-electron chi connectivity index (χ1n) is 9.70. The van der Waals surface area contributed by atoms with Gasteiger partial charge in [-0.15, -0.1) is 0 Å². The van der Waals surface area contributed by atoms with E-state index < -0.39 is 53.7 Å². The average Bonchev–Trinajstić information content (AvgIpc) is 2.66. The van der Waals surface area contributed by atoms with Crippen molar-refractivity contribution in [3.63, 3.8) is 0 Å². The molecule has 2 atom stereocenters. The van der Waals surface area contributed by atoms with E-state index in [0.717, 1.165) is 0 Å². The summed E-state index contributed by atoms with van der Waals surface area (Å²) < 4.78 is 17.2. The predicted molar refractivity (Wildman–Crippen MR) is 106 cm³/mol. The van der Waals surface area contributed by atoms with Gasteiger partial charge in [-0.3, -0.25) is 9.59 Å². The highest BCUT2D eigenvalue weighted by Crippen LogP contribution is 2.38. The molecule has 0 aromatic heterocycles. The lowest BCUT2D eigenvalue weighted by molar-refractivity contribution is -0.161. The molecule has 0 bridgehead atoms. The minimum atomic E-state index is -1.13. The molecule has 2 amide bonds. The molecule has 0 radical (unpaired) electrons. The fraction of sp³-hybridized carbons (Fsp3) is 0.842. The van der Waals surface area contributed by atoms with E-state index in [-0.39, 0.29) is 0 Å². The molecule has 1 rings (SSSR count). The Balaban J connectivity index is 2.79. The molecule has 0 saturated carbocycles. The van der Waals surface area contributed by atoms with Gasteiger partial charge in [0, 0.05) is 6.92 Å². The Bertz CT molecular complexity index is 584. The summed E-state index contributed by atoms with van der Waals surface area (Å²) in [6, 6.07) is -1.13. The van der Waals surface area contributed by atoms with Crippen LogP contribution >= 0.6 is 0 Å². The SMILES string of the molecule is CC(=O)N[C@H](C(=O)OC(C)(C)C)[C@H](CCCB1OC(C)(C)C(C)(C)O1)C(N)=O. The lowest BCUT2D eigenvalue weighted by Gasteiger charge is -2.32. The van der Waals surface area contributed by atoms with Gasteiger partial charge in [-0.2, -0.15) is 0 Å². The van der Waals surface area contributed by atoms with Crippen molar-refractivity contribution in [2.24, 2.45) is 11.7 Å². The number of ether oxygens (including phenoxy) is 1. The van der Waals surface area contributed by atoms with E-state index >= 15 is 0 Å². The Morgan fingerprint density at radius 3 is 2.00 bits per heavy atom. The van der Waals surface area contributed by atoms with Gasteiger partial charge >= 0.3 is 13.1 Å². The first-order valence-corrected chi connectivity index (χ1v) is 9.70.